The van der Waals surface area contributed by atoms with Crippen LogP contribution in [-0.4, -0.2) is 55.7 Å². The van der Waals surface area contributed by atoms with Gasteiger partial charge in [0.1, 0.15) is 5.75 Å². The molecule has 0 bridgehead atoms. The zero-order valence-corrected chi connectivity index (χ0v) is 21.3. The summed E-state index contributed by atoms with van der Waals surface area (Å²) < 4.78 is 54.4. The number of methoxy groups -OCH3 is 1. The van der Waals surface area contributed by atoms with Gasteiger partial charge in [-0.1, -0.05) is 48.5 Å². The van der Waals surface area contributed by atoms with Gasteiger partial charge in [-0.15, -0.1) is 0 Å². The van der Waals surface area contributed by atoms with Crippen LogP contribution in [0, 0.1) is 5.41 Å². The number of halogens is 3. The van der Waals surface area contributed by atoms with E-state index >= 15 is 0 Å². The number of piperidine rings is 2. The van der Waals surface area contributed by atoms with Crippen LogP contribution in [0.25, 0.3) is 0 Å². The lowest BCUT2D eigenvalue weighted by atomic mass is 9.62. The second-order valence-corrected chi connectivity index (χ2v) is 10.1. The van der Waals surface area contributed by atoms with Crippen LogP contribution in [0.5, 0.6) is 5.75 Å². The molecule has 1 spiro atoms. The minimum absolute atomic E-state index is 0.0442. The van der Waals surface area contributed by atoms with Crippen molar-refractivity contribution in [3.05, 3.63) is 65.7 Å². The highest BCUT2D eigenvalue weighted by Gasteiger charge is 2.64. The Balaban J connectivity index is 1.64. The average molecular weight is 519 g/mol. The third-order valence-electron chi connectivity index (χ3n) is 7.65. The molecule has 2 atom stereocenters. The van der Waals surface area contributed by atoms with E-state index in [1.807, 2.05) is 38.1 Å². The lowest BCUT2D eigenvalue weighted by Crippen LogP contribution is -2.60. The molecule has 1 N–H and O–H groups in total. The summed E-state index contributed by atoms with van der Waals surface area (Å²) in [6.07, 6.45) is -3.99. The van der Waals surface area contributed by atoms with Crippen LogP contribution in [-0.2, 0) is 19.9 Å². The molecule has 2 amide bonds. The number of amides is 2. The standard InChI is InChI=1S/C28H33F3N2O4/c1-19(2)37-23-12-8-7-11-21(23)22-18-32-24(34)17-26(22)13-15-33(16-14-26)25(35)27(36-3,28(29,30)31)20-9-5-4-6-10-20/h4-12,19,22H,13-18H2,1-3H3,(H,32,34)/t22-,27+/m0/s1. The van der Waals surface area contributed by atoms with Crippen molar-refractivity contribution in [1.29, 1.82) is 0 Å². The first-order chi connectivity index (χ1) is 17.5. The van der Waals surface area contributed by atoms with E-state index in [1.54, 1.807) is 6.07 Å². The van der Waals surface area contributed by atoms with Crippen LogP contribution in [0.3, 0.4) is 0 Å². The summed E-state index contributed by atoms with van der Waals surface area (Å²) in [5.41, 5.74) is -2.90. The van der Waals surface area contributed by atoms with E-state index in [2.05, 4.69) is 5.32 Å². The van der Waals surface area contributed by atoms with Crippen LogP contribution in [0.2, 0.25) is 0 Å². The number of para-hydroxylation sites is 1. The highest BCUT2D eigenvalue weighted by atomic mass is 19.4. The molecule has 0 aromatic heterocycles. The van der Waals surface area contributed by atoms with E-state index in [4.69, 9.17) is 9.47 Å². The van der Waals surface area contributed by atoms with Crippen molar-refractivity contribution in [2.45, 2.75) is 56.9 Å². The minimum atomic E-state index is -4.96. The summed E-state index contributed by atoms with van der Waals surface area (Å²) in [4.78, 5) is 27.3. The number of ether oxygens (including phenoxy) is 2. The SMILES string of the molecule is CO[C@@](C(=O)N1CCC2(CC1)CC(=O)NC[C@H]2c1ccccc1OC(C)C)(c1ccccc1)C(F)(F)F. The fourth-order valence-corrected chi connectivity index (χ4v) is 5.81. The first-order valence-electron chi connectivity index (χ1n) is 12.5. The molecule has 0 unspecified atom stereocenters. The predicted octanol–water partition coefficient (Wildman–Crippen LogP) is 4.79. The van der Waals surface area contributed by atoms with Crippen molar-refractivity contribution in [2.24, 2.45) is 5.41 Å². The molecule has 4 rings (SSSR count). The van der Waals surface area contributed by atoms with E-state index in [0.29, 0.717) is 19.4 Å². The highest BCUT2D eigenvalue weighted by molar-refractivity contribution is 5.88. The van der Waals surface area contributed by atoms with Gasteiger partial charge in [-0.2, -0.15) is 13.2 Å². The van der Waals surface area contributed by atoms with Crippen LogP contribution >= 0.6 is 0 Å². The second-order valence-electron chi connectivity index (χ2n) is 10.1. The summed E-state index contributed by atoms with van der Waals surface area (Å²) >= 11 is 0. The molecule has 2 aromatic rings. The van der Waals surface area contributed by atoms with Crippen LogP contribution in [0.15, 0.2) is 54.6 Å². The lowest BCUT2D eigenvalue weighted by molar-refractivity contribution is -0.271. The number of hydrogen-bond acceptors (Lipinski definition) is 4. The number of hydrogen-bond donors (Lipinski definition) is 1. The Kier molecular flexibility index (Phi) is 7.55. The van der Waals surface area contributed by atoms with E-state index in [-0.39, 0.29) is 43.0 Å². The van der Waals surface area contributed by atoms with Crippen LogP contribution < -0.4 is 10.1 Å². The van der Waals surface area contributed by atoms with Crippen molar-refractivity contribution < 1.29 is 32.2 Å². The smallest absolute Gasteiger partial charge is 0.430 e. The maximum atomic E-state index is 14.5. The van der Waals surface area contributed by atoms with Gasteiger partial charge < -0.3 is 19.7 Å². The monoisotopic (exact) mass is 518 g/mol. The van der Waals surface area contributed by atoms with Crippen molar-refractivity contribution >= 4 is 11.8 Å². The lowest BCUT2D eigenvalue weighted by Gasteiger charge is -2.50. The Labute approximate surface area is 215 Å². The predicted molar refractivity (Wildman–Crippen MR) is 132 cm³/mol. The second kappa shape index (κ2) is 10.4. The fraction of sp³-hybridized carbons (Fsp3) is 0.500. The topological polar surface area (TPSA) is 67.9 Å². The molecule has 2 fully saturated rings. The molecule has 9 heteroatoms. The molecular weight excluding hydrogens is 485 g/mol. The number of carbonyl (C=O) groups excluding carboxylic acids is 2. The Bertz CT molecular complexity index is 1110. The van der Waals surface area contributed by atoms with Crippen LogP contribution in [0.4, 0.5) is 13.2 Å². The number of alkyl halides is 3. The number of benzene rings is 2. The van der Waals surface area contributed by atoms with Crippen molar-refractivity contribution in [3.8, 4) is 5.75 Å². The van der Waals surface area contributed by atoms with Gasteiger partial charge in [0.05, 0.1) is 6.10 Å². The number of likely N-dealkylation sites (tertiary alicyclic amines) is 1. The molecule has 6 nitrogen and oxygen atoms in total. The minimum Gasteiger partial charge on any atom is -0.491 e. The maximum absolute atomic E-state index is 14.5. The first-order valence-corrected chi connectivity index (χ1v) is 12.5. The van der Waals surface area contributed by atoms with Gasteiger partial charge in [0, 0.05) is 44.6 Å². The molecule has 0 aliphatic carbocycles. The third-order valence-corrected chi connectivity index (χ3v) is 7.65. The van der Waals surface area contributed by atoms with Gasteiger partial charge >= 0.3 is 6.18 Å². The average Bonchev–Trinajstić information content (AvgIpc) is 2.85. The largest absolute Gasteiger partial charge is 0.491 e. The molecule has 2 saturated heterocycles. The van der Waals surface area contributed by atoms with Gasteiger partial charge in [-0.05, 0) is 43.7 Å². The van der Waals surface area contributed by atoms with E-state index in [1.165, 1.54) is 29.2 Å². The molecule has 2 heterocycles. The molecule has 200 valence electrons. The first kappa shape index (κ1) is 27.0. The number of nitrogens with one attached hydrogen (secondary N) is 1. The summed E-state index contributed by atoms with van der Waals surface area (Å²) in [7, 11) is 0.914. The molecule has 0 radical (unpaired) electrons. The molecule has 2 aliphatic heterocycles. The molecule has 2 aliphatic rings. The zero-order valence-electron chi connectivity index (χ0n) is 21.3. The quantitative estimate of drug-likeness (QED) is 0.597. The molecule has 37 heavy (non-hydrogen) atoms. The molecule has 0 saturated carbocycles. The van der Waals surface area contributed by atoms with Gasteiger partial charge in [-0.3, -0.25) is 9.59 Å². The molecule has 2 aromatic carbocycles. The van der Waals surface area contributed by atoms with Gasteiger partial charge in [0.15, 0.2) is 0 Å². The number of carbonyl (C=O) groups is 2. The molecular formula is C28H33F3N2O4. The summed E-state index contributed by atoms with van der Waals surface area (Å²) in [6, 6.07) is 14.7. The Morgan fingerprint density at radius 3 is 2.27 bits per heavy atom. The Morgan fingerprint density at radius 2 is 1.68 bits per heavy atom. The normalized spacial score (nSPS) is 21.4. The maximum Gasteiger partial charge on any atom is 0.430 e. The number of rotatable bonds is 6. The summed E-state index contributed by atoms with van der Waals surface area (Å²) in [5.74, 6) is -0.592. The van der Waals surface area contributed by atoms with Crippen LogP contribution in [0.1, 0.15) is 50.2 Å². The van der Waals surface area contributed by atoms with Crippen molar-refractivity contribution in [2.75, 3.05) is 26.7 Å². The van der Waals surface area contributed by atoms with E-state index < -0.39 is 23.1 Å². The van der Waals surface area contributed by atoms with E-state index in [0.717, 1.165) is 18.4 Å². The highest BCUT2D eigenvalue weighted by Crippen LogP contribution is 2.52. The van der Waals surface area contributed by atoms with Gasteiger partial charge in [0.2, 0.25) is 5.91 Å². The summed E-state index contributed by atoms with van der Waals surface area (Å²) in [5, 5.41) is 2.95. The van der Waals surface area contributed by atoms with Gasteiger partial charge in [0.25, 0.3) is 11.5 Å². The van der Waals surface area contributed by atoms with Crippen molar-refractivity contribution in [3.63, 3.8) is 0 Å². The third kappa shape index (κ3) is 4.93. The summed E-state index contributed by atoms with van der Waals surface area (Å²) in [6.45, 7) is 4.46. The van der Waals surface area contributed by atoms with E-state index in [9.17, 15) is 22.8 Å². The number of nitrogens with zero attached hydrogens (tertiary/aromatic N) is 1. The van der Waals surface area contributed by atoms with Gasteiger partial charge in [-0.25, -0.2) is 0 Å². The fourth-order valence-electron chi connectivity index (χ4n) is 5.81. The van der Waals surface area contributed by atoms with Crippen molar-refractivity contribution in [1.82, 2.24) is 10.2 Å². The Hall–Kier alpha value is -3.07. The zero-order chi connectivity index (χ0) is 26.8. The Morgan fingerprint density at radius 1 is 1.05 bits per heavy atom.